The molecule has 3 fully saturated rings. The van der Waals surface area contributed by atoms with Crippen molar-refractivity contribution in [3.05, 3.63) is 23.3 Å². The lowest BCUT2D eigenvalue weighted by molar-refractivity contribution is 0.0690. The Morgan fingerprint density at radius 1 is 1.19 bits per heavy atom. The summed E-state index contributed by atoms with van der Waals surface area (Å²) in [4.78, 5) is 0. The zero-order valence-corrected chi connectivity index (χ0v) is 22.8. The number of aliphatic hydroxyl groups is 1. The minimum atomic E-state index is -1.72. The average molecular weight is 447 g/mol. The molecule has 1 N–H and O–H groups in total. The lowest BCUT2D eigenvalue weighted by atomic mass is 9.61. The number of allylic oxidation sites excluding steroid dienone is 3. The van der Waals surface area contributed by atoms with E-state index in [2.05, 4.69) is 66.8 Å². The van der Waals surface area contributed by atoms with Crippen LogP contribution < -0.4 is 0 Å². The fraction of sp³-hybridized carbons (Fsp3) is 0.857. The highest BCUT2D eigenvalue weighted by Crippen LogP contribution is 2.59. The highest BCUT2D eigenvalue weighted by atomic mass is 28.4. The Morgan fingerprint density at radius 3 is 2.55 bits per heavy atom. The molecule has 3 heteroatoms. The van der Waals surface area contributed by atoms with Gasteiger partial charge < -0.3 is 9.53 Å². The molecule has 0 aromatic heterocycles. The summed E-state index contributed by atoms with van der Waals surface area (Å²) < 4.78 is 6.83. The molecule has 0 unspecified atom stereocenters. The van der Waals surface area contributed by atoms with Crippen LogP contribution in [-0.2, 0) is 4.43 Å². The van der Waals surface area contributed by atoms with Crippen LogP contribution >= 0.6 is 0 Å². The van der Waals surface area contributed by atoms with Crippen molar-refractivity contribution in [2.24, 2.45) is 29.1 Å². The van der Waals surface area contributed by atoms with Gasteiger partial charge in [0.15, 0.2) is 8.32 Å². The largest absolute Gasteiger partial charge is 0.414 e. The van der Waals surface area contributed by atoms with Crippen LogP contribution in [0, 0.1) is 29.1 Å². The van der Waals surface area contributed by atoms with E-state index in [1.807, 2.05) is 0 Å². The minimum absolute atomic E-state index is 0.275. The molecule has 6 atom stereocenters. The minimum Gasteiger partial charge on any atom is -0.414 e. The molecule has 0 amide bonds. The second kappa shape index (κ2) is 9.47. The molecule has 178 valence electrons. The van der Waals surface area contributed by atoms with Crippen molar-refractivity contribution in [3.8, 4) is 0 Å². The highest BCUT2D eigenvalue weighted by molar-refractivity contribution is 6.74. The third-order valence-electron chi connectivity index (χ3n) is 9.58. The Bertz CT molecular complexity index is 686. The Hall–Kier alpha value is -0.383. The van der Waals surface area contributed by atoms with Gasteiger partial charge in [-0.25, -0.2) is 0 Å². The van der Waals surface area contributed by atoms with Crippen LogP contribution in [0.25, 0.3) is 0 Å². The molecule has 2 nitrogen and oxygen atoms in total. The van der Waals surface area contributed by atoms with E-state index in [1.54, 1.807) is 11.1 Å². The van der Waals surface area contributed by atoms with Crippen molar-refractivity contribution in [3.63, 3.8) is 0 Å². The smallest absolute Gasteiger partial charge is 0.192 e. The first-order chi connectivity index (χ1) is 14.4. The van der Waals surface area contributed by atoms with E-state index in [1.165, 1.54) is 44.9 Å². The second-order valence-corrected chi connectivity index (χ2v) is 17.8. The maximum atomic E-state index is 9.79. The highest BCUT2D eigenvalue weighted by Gasteiger charge is 2.50. The van der Waals surface area contributed by atoms with E-state index < -0.39 is 8.32 Å². The van der Waals surface area contributed by atoms with Crippen LogP contribution in [0.2, 0.25) is 18.1 Å². The molecule has 0 aromatic carbocycles. The fourth-order valence-corrected chi connectivity index (χ4v) is 8.19. The van der Waals surface area contributed by atoms with Crippen molar-refractivity contribution in [2.75, 3.05) is 6.61 Å². The summed E-state index contributed by atoms with van der Waals surface area (Å²) in [7, 11) is -1.72. The normalized spacial score (nSPS) is 38.5. The third-order valence-corrected chi connectivity index (χ3v) is 14.1. The molecule has 0 spiro atoms. The molecule has 0 aromatic rings. The van der Waals surface area contributed by atoms with Crippen LogP contribution in [0.5, 0.6) is 0 Å². The van der Waals surface area contributed by atoms with Gasteiger partial charge in [-0.2, -0.15) is 0 Å². The van der Waals surface area contributed by atoms with Crippen molar-refractivity contribution in [2.45, 2.75) is 117 Å². The number of hydrogen-bond donors (Lipinski definition) is 1. The quantitative estimate of drug-likeness (QED) is 0.435. The molecule has 0 aliphatic heterocycles. The van der Waals surface area contributed by atoms with Crippen molar-refractivity contribution in [1.82, 2.24) is 0 Å². The van der Waals surface area contributed by atoms with E-state index >= 15 is 0 Å². The summed E-state index contributed by atoms with van der Waals surface area (Å²) in [6.45, 7) is 19.3. The van der Waals surface area contributed by atoms with Crippen molar-refractivity contribution < 1.29 is 9.53 Å². The summed E-state index contributed by atoms with van der Waals surface area (Å²) in [5.74, 6) is 2.54. The Balaban J connectivity index is 1.74. The third kappa shape index (κ3) is 5.41. The summed E-state index contributed by atoms with van der Waals surface area (Å²) in [5.41, 5.74) is 3.67. The van der Waals surface area contributed by atoms with Crippen molar-refractivity contribution >= 4 is 8.32 Å². The van der Waals surface area contributed by atoms with Crippen molar-refractivity contribution in [1.29, 1.82) is 0 Å². The topological polar surface area (TPSA) is 29.5 Å². The molecular weight excluding hydrogens is 396 g/mol. The first-order valence-corrected chi connectivity index (χ1v) is 16.0. The van der Waals surface area contributed by atoms with E-state index in [4.69, 9.17) is 4.43 Å². The molecule has 3 aliphatic rings. The number of aliphatic hydroxyl groups excluding tert-OH is 1. The maximum absolute atomic E-state index is 9.79. The number of rotatable bonds is 5. The van der Waals surface area contributed by atoms with Crippen LogP contribution in [0.4, 0.5) is 0 Å². The van der Waals surface area contributed by atoms with Crippen LogP contribution in [-0.4, -0.2) is 26.1 Å². The van der Waals surface area contributed by atoms with Gasteiger partial charge in [-0.05, 0) is 98.6 Å². The molecule has 0 bridgehead atoms. The summed E-state index contributed by atoms with van der Waals surface area (Å²) in [5, 5.41) is 10.1. The Morgan fingerprint density at radius 2 is 1.90 bits per heavy atom. The summed E-state index contributed by atoms with van der Waals surface area (Å²) >= 11 is 0. The average Bonchev–Trinajstić information content (AvgIpc) is 3.01. The Labute approximate surface area is 194 Å². The van der Waals surface area contributed by atoms with Crippen LogP contribution in [0.15, 0.2) is 23.3 Å². The molecule has 0 radical (unpaired) electrons. The van der Waals surface area contributed by atoms with Gasteiger partial charge in [-0.15, -0.1) is 0 Å². The van der Waals surface area contributed by atoms with E-state index in [9.17, 15) is 5.11 Å². The van der Waals surface area contributed by atoms with Gasteiger partial charge in [-0.3, -0.25) is 0 Å². The van der Waals surface area contributed by atoms with Gasteiger partial charge in [0.2, 0.25) is 0 Å². The molecule has 31 heavy (non-hydrogen) atoms. The standard InChI is InChI=1S/C28H50O2Si/c1-20-16-22(18-24(17-20)30-31(7,8)27(3,4)5)11-12-23-10-9-15-28(6)25(21(2)19-29)13-14-26(23)28/h11-12,20-21,24-26,29H,9-10,13-19H2,1-8H3/b22-11-,23-12+/t20-,21-,24+,25-,26+,28-/m1/s1. The molecule has 0 saturated heterocycles. The summed E-state index contributed by atoms with van der Waals surface area (Å²) in [6.07, 6.45) is 15.5. The molecule has 3 rings (SSSR count). The SMILES string of the molecule is C[C@@H]1C/C(=C/C=C2\CCC[C@]3(C)[C@@H]([C@H](C)CO)CC[C@@H]23)C[C@@H](O[Si](C)(C)C(C)(C)C)C1. The van der Waals surface area contributed by atoms with Gasteiger partial charge >= 0.3 is 0 Å². The second-order valence-electron chi connectivity index (χ2n) is 13.1. The fourth-order valence-electron chi connectivity index (χ4n) is 6.82. The summed E-state index contributed by atoms with van der Waals surface area (Å²) in [6, 6.07) is 0. The van der Waals surface area contributed by atoms with Crippen LogP contribution in [0.1, 0.15) is 92.9 Å². The number of fused-ring (bicyclic) bond motifs is 1. The molecule has 3 saturated carbocycles. The first-order valence-electron chi connectivity index (χ1n) is 13.0. The maximum Gasteiger partial charge on any atom is 0.192 e. The Kier molecular flexibility index (Phi) is 7.71. The lowest BCUT2D eigenvalue weighted by Crippen LogP contribution is -2.45. The molecule has 3 aliphatic carbocycles. The van der Waals surface area contributed by atoms with Gasteiger partial charge in [0.1, 0.15) is 0 Å². The predicted octanol–water partition coefficient (Wildman–Crippen LogP) is 7.89. The lowest BCUT2D eigenvalue weighted by Gasteiger charge is -2.44. The van der Waals surface area contributed by atoms with Gasteiger partial charge in [-0.1, -0.05) is 64.8 Å². The zero-order valence-electron chi connectivity index (χ0n) is 21.8. The van der Waals surface area contributed by atoms with Gasteiger partial charge in [0.25, 0.3) is 0 Å². The first kappa shape index (κ1) is 25.2. The predicted molar refractivity (Wildman–Crippen MR) is 136 cm³/mol. The van der Waals surface area contributed by atoms with E-state index in [0.29, 0.717) is 35.9 Å². The molecular formula is C28H50O2Si. The van der Waals surface area contributed by atoms with E-state index in [-0.39, 0.29) is 5.04 Å². The van der Waals surface area contributed by atoms with Crippen LogP contribution in [0.3, 0.4) is 0 Å². The zero-order chi connectivity index (χ0) is 23.0. The monoisotopic (exact) mass is 446 g/mol. The molecule has 0 heterocycles. The van der Waals surface area contributed by atoms with E-state index in [0.717, 1.165) is 12.3 Å². The number of hydrogen-bond acceptors (Lipinski definition) is 2. The van der Waals surface area contributed by atoms with Gasteiger partial charge in [0, 0.05) is 12.7 Å². The van der Waals surface area contributed by atoms with Gasteiger partial charge in [0.05, 0.1) is 0 Å².